The van der Waals surface area contributed by atoms with Gasteiger partial charge in [0.05, 0.1) is 0 Å². The molecule has 1 fully saturated rings. The van der Waals surface area contributed by atoms with Gasteiger partial charge in [0.1, 0.15) is 0 Å². The first-order valence-corrected chi connectivity index (χ1v) is 7.57. The zero-order valence-electron chi connectivity index (χ0n) is 11.9. The average molecular weight is 261 g/mol. The second kappa shape index (κ2) is 8.31. The van der Waals surface area contributed by atoms with Gasteiger partial charge in [0.25, 0.3) is 0 Å². The van der Waals surface area contributed by atoms with E-state index in [9.17, 15) is 0 Å². The number of hydrogen-bond acceptors (Lipinski definition) is 3. The molecule has 3 nitrogen and oxygen atoms in total. The molecule has 0 saturated carbocycles. The first kappa shape index (κ1) is 14.5. The molecule has 1 saturated heterocycles. The van der Waals surface area contributed by atoms with Gasteiger partial charge in [-0.1, -0.05) is 30.3 Å². The standard InChI is InChI=1S/C16H27N3/c17-9-13-19-12-5-11-18(14-15-19)10-4-8-16-6-2-1-3-7-16/h1-3,6-7H,4-5,8-15,17H2. The summed E-state index contributed by atoms with van der Waals surface area (Å²) in [6.45, 7) is 7.91. The number of benzene rings is 1. The summed E-state index contributed by atoms with van der Waals surface area (Å²) in [5.74, 6) is 0. The maximum absolute atomic E-state index is 5.63. The molecule has 0 bridgehead atoms. The van der Waals surface area contributed by atoms with E-state index in [1.165, 1.54) is 57.5 Å². The largest absolute Gasteiger partial charge is 0.329 e. The summed E-state index contributed by atoms with van der Waals surface area (Å²) in [5, 5.41) is 0. The van der Waals surface area contributed by atoms with Crippen LogP contribution in [0.1, 0.15) is 18.4 Å². The van der Waals surface area contributed by atoms with Crippen molar-refractivity contribution in [1.82, 2.24) is 9.80 Å². The van der Waals surface area contributed by atoms with Crippen molar-refractivity contribution in [2.75, 3.05) is 45.8 Å². The van der Waals surface area contributed by atoms with Crippen LogP contribution in [0.25, 0.3) is 0 Å². The molecular weight excluding hydrogens is 234 g/mol. The van der Waals surface area contributed by atoms with Gasteiger partial charge in [0.15, 0.2) is 0 Å². The molecule has 1 aliphatic heterocycles. The van der Waals surface area contributed by atoms with Gasteiger partial charge in [-0.15, -0.1) is 0 Å². The van der Waals surface area contributed by atoms with Crippen molar-refractivity contribution >= 4 is 0 Å². The smallest absolute Gasteiger partial charge is 0.0110 e. The zero-order chi connectivity index (χ0) is 13.3. The average Bonchev–Trinajstić information content (AvgIpc) is 2.66. The van der Waals surface area contributed by atoms with Crippen LogP contribution in [0.5, 0.6) is 0 Å². The zero-order valence-corrected chi connectivity index (χ0v) is 11.9. The van der Waals surface area contributed by atoms with E-state index in [1.807, 2.05) is 0 Å². The lowest BCUT2D eigenvalue weighted by molar-refractivity contribution is 0.258. The highest BCUT2D eigenvalue weighted by atomic mass is 15.2. The second-order valence-electron chi connectivity index (χ2n) is 5.41. The highest BCUT2D eigenvalue weighted by Crippen LogP contribution is 2.06. The van der Waals surface area contributed by atoms with Gasteiger partial charge >= 0.3 is 0 Å². The van der Waals surface area contributed by atoms with E-state index in [2.05, 4.69) is 40.1 Å². The van der Waals surface area contributed by atoms with Gasteiger partial charge < -0.3 is 15.5 Å². The van der Waals surface area contributed by atoms with Crippen molar-refractivity contribution in [2.45, 2.75) is 19.3 Å². The van der Waals surface area contributed by atoms with Gasteiger partial charge in [-0.25, -0.2) is 0 Å². The normalized spacial score (nSPS) is 18.4. The van der Waals surface area contributed by atoms with Crippen molar-refractivity contribution in [3.8, 4) is 0 Å². The fourth-order valence-electron chi connectivity index (χ4n) is 2.81. The molecule has 0 radical (unpaired) electrons. The van der Waals surface area contributed by atoms with Crippen molar-refractivity contribution in [3.05, 3.63) is 35.9 Å². The van der Waals surface area contributed by atoms with Gasteiger partial charge in [-0.2, -0.15) is 0 Å². The molecule has 0 amide bonds. The first-order valence-electron chi connectivity index (χ1n) is 7.57. The quantitative estimate of drug-likeness (QED) is 0.844. The van der Waals surface area contributed by atoms with Crippen LogP contribution in [0.3, 0.4) is 0 Å². The van der Waals surface area contributed by atoms with E-state index < -0.39 is 0 Å². The fraction of sp³-hybridized carbons (Fsp3) is 0.625. The van der Waals surface area contributed by atoms with E-state index in [1.54, 1.807) is 0 Å². The number of hydrogen-bond donors (Lipinski definition) is 1. The molecule has 1 heterocycles. The van der Waals surface area contributed by atoms with E-state index in [4.69, 9.17) is 5.73 Å². The summed E-state index contributed by atoms with van der Waals surface area (Å²) >= 11 is 0. The van der Waals surface area contributed by atoms with Crippen LogP contribution in [0.15, 0.2) is 30.3 Å². The van der Waals surface area contributed by atoms with Crippen LogP contribution in [0.4, 0.5) is 0 Å². The highest BCUT2D eigenvalue weighted by Gasteiger charge is 2.13. The monoisotopic (exact) mass is 261 g/mol. The molecule has 1 aromatic carbocycles. The summed E-state index contributed by atoms with van der Waals surface area (Å²) in [7, 11) is 0. The third-order valence-electron chi connectivity index (χ3n) is 3.91. The van der Waals surface area contributed by atoms with Crippen molar-refractivity contribution in [2.24, 2.45) is 5.73 Å². The van der Waals surface area contributed by atoms with E-state index in [0.717, 1.165) is 13.1 Å². The maximum Gasteiger partial charge on any atom is 0.0110 e. The van der Waals surface area contributed by atoms with Gasteiger partial charge in [-0.05, 0) is 44.5 Å². The molecule has 106 valence electrons. The van der Waals surface area contributed by atoms with Crippen LogP contribution >= 0.6 is 0 Å². The van der Waals surface area contributed by atoms with E-state index in [0.29, 0.717) is 0 Å². The molecule has 0 aliphatic carbocycles. The van der Waals surface area contributed by atoms with Gasteiger partial charge in [-0.3, -0.25) is 0 Å². The Morgan fingerprint density at radius 2 is 1.58 bits per heavy atom. The summed E-state index contributed by atoms with van der Waals surface area (Å²) in [6, 6.07) is 10.8. The number of nitrogens with two attached hydrogens (primary N) is 1. The lowest BCUT2D eigenvalue weighted by Gasteiger charge is -2.21. The Bertz CT molecular complexity index is 339. The highest BCUT2D eigenvalue weighted by molar-refractivity contribution is 5.14. The molecule has 3 heteroatoms. The van der Waals surface area contributed by atoms with Crippen LogP contribution in [-0.4, -0.2) is 55.6 Å². The molecule has 0 atom stereocenters. The number of nitrogens with zero attached hydrogens (tertiary/aromatic N) is 2. The Morgan fingerprint density at radius 3 is 2.26 bits per heavy atom. The number of aryl methyl sites for hydroxylation is 1. The maximum atomic E-state index is 5.63. The molecule has 2 rings (SSSR count). The molecule has 19 heavy (non-hydrogen) atoms. The van der Waals surface area contributed by atoms with E-state index >= 15 is 0 Å². The fourth-order valence-corrected chi connectivity index (χ4v) is 2.81. The third-order valence-corrected chi connectivity index (χ3v) is 3.91. The topological polar surface area (TPSA) is 32.5 Å². The molecule has 0 spiro atoms. The van der Waals surface area contributed by atoms with Gasteiger partial charge in [0, 0.05) is 26.2 Å². The Labute approximate surface area is 117 Å². The van der Waals surface area contributed by atoms with Crippen molar-refractivity contribution < 1.29 is 0 Å². The summed E-state index contributed by atoms with van der Waals surface area (Å²) in [6.07, 6.45) is 3.75. The first-order chi connectivity index (χ1) is 9.38. The van der Waals surface area contributed by atoms with Gasteiger partial charge in [0.2, 0.25) is 0 Å². The molecule has 1 aliphatic rings. The Balaban J connectivity index is 1.66. The SMILES string of the molecule is NCCN1CCCN(CCCc2ccccc2)CC1. The Hall–Kier alpha value is -0.900. The minimum atomic E-state index is 0.786. The van der Waals surface area contributed by atoms with Crippen LogP contribution in [0, 0.1) is 0 Å². The van der Waals surface area contributed by atoms with Crippen LogP contribution in [-0.2, 0) is 6.42 Å². The summed E-state index contributed by atoms with van der Waals surface area (Å²) < 4.78 is 0. The Morgan fingerprint density at radius 1 is 0.895 bits per heavy atom. The minimum Gasteiger partial charge on any atom is -0.329 e. The third kappa shape index (κ3) is 5.31. The summed E-state index contributed by atoms with van der Waals surface area (Å²) in [5.41, 5.74) is 7.09. The predicted octanol–water partition coefficient (Wildman–Crippen LogP) is 1.59. The van der Waals surface area contributed by atoms with Crippen LogP contribution in [0.2, 0.25) is 0 Å². The summed E-state index contributed by atoms with van der Waals surface area (Å²) in [4.78, 5) is 5.11. The van der Waals surface area contributed by atoms with Crippen LogP contribution < -0.4 is 5.73 Å². The molecule has 0 unspecified atom stereocenters. The Kier molecular flexibility index (Phi) is 6.34. The lowest BCUT2D eigenvalue weighted by Crippen LogP contribution is -2.34. The second-order valence-corrected chi connectivity index (χ2v) is 5.41. The molecule has 0 aromatic heterocycles. The molecular formula is C16H27N3. The minimum absolute atomic E-state index is 0.786. The van der Waals surface area contributed by atoms with Crippen molar-refractivity contribution in [1.29, 1.82) is 0 Å². The molecule has 1 aromatic rings. The lowest BCUT2D eigenvalue weighted by atomic mass is 10.1. The number of rotatable bonds is 6. The predicted molar refractivity (Wildman–Crippen MR) is 81.3 cm³/mol. The van der Waals surface area contributed by atoms with Crippen molar-refractivity contribution in [3.63, 3.8) is 0 Å². The molecule has 2 N–H and O–H groups in total. The van der Waals surface area contributed by atoms with E-state index in [-0.39, 0.29) is 0 Å².